The summed E-state index contributed by atoms with van der Waals surface area (Å²) in [4.78, 5) is 4.47. The van der Waals surface area contributed by atoms with Gasteiger partial charge in [0.15, 0.2) is 0 Å². The van der Waals surface area contributed by atoms with E-state index in [2.05, 4.69) is 202 Å². The van der Waals surface area contributed by atoms with Crippen LogP contribution in [-0.4, -0.2) is 15.8 Å². The molecule has 2 aliphatic rings. The van der Waals surface area contributed by atoms with Crippen molar-refractivity contribution in [1.82, 2.24) is 9.13 Å². The third kappa shape index (κ3) is 9.72. The molecule has 2 aromatic heterocycles. The molecule has 2 aliphatic heterocycles. The number of aromatic nitrogens is 2. The molecular formula is C88H79BN4. The molecule has 0 bridgehead atoms. The highest BCUT2D eigenvalue weighted by Gasteiger charge is 2.44. The zero-order valence-corrected chi connectivity index (χ0v) is 54.5. The minimum atomic E-state index is -0.682. The molecule has 0 spiro atoms. The molecule has 0 aliphatic carbocycles. The maximum Gasteiger partial charge on any atom is 0.252 e. The Morgan fingerprint density at radius 1 is 0.280 bits per heavy atom. The number of nitrogens with zero attached hydrogens (tertiary/aromatic N) is 4. The zero-order chi connectivity index (χ0) is 78.0. The molecule has 5 heteroatoms. The molecule has 0 unspecified atom stereocenters. The maximum atomic E-state index is 9.69. The molecule has 0 atom stereocenters. The summed E-state index contributed by atoms with van der Waals surface area (Å²) in [6.45, 7) is 25.9. The van der Waals surface area contributed by atoms with Crippen LogP contribution in [-0.2, 0) is 21.7 Å². The highest BCUT2D eigenvalue weighted by atomic mass is 15.2. The molecule has 16 rings (SSSR count). The van der Waals surface area contributed by atoms with Gasteiger partial charge in [0.1, 0.15) is 0 Å². The third-order valence-corrected chi connectivity index (χ3v) is 18.9. The van der Waals surface area contributed by atoms with Crippen LogP contribution in [0.5, 0.6) is 0 Å². The summed E-state index contributed by atoms with van der Waals surface area (Å²) in [6.07, 6.45) is 0. The molecule has 14 aromatic rings. The fourth-order valence-corrected chi connectivity index (χ4v) is 13.9. The van der Waals surface area contributed by atoms with Crippen molar-refractivity contribution < 1.29 is 21.9 Å². The summed E-state index contributed by atoms with van der Waals surface area (Å²) in [5.41, 5.74) is 16.5. The molecule has 4 heterocycles. The van der Waals surface area contributed by atoms with Gasteiger partial charge >= 0.3 is 0 Å². The molecule has 0 saturated heterocycles. The second kappa shape index (κ2) is 21.2. The van der Waals surface area contributed by atoms with Crippen LogP contribution >= 0.6 is 0 Å². The smallest absolute Gasteiger partial charge is 0.252 e. The summed E-state index contributed by atoms with van der Waals surface area (Å²) in [5, 5.41) is -0.233. The van der Waals surface area contributed by atoms with Gasteiger partial charge in [0.2, 0.25) is 0 Å². The van der Waals surface area contributed by atoms with Gasteiger partial charge in [-0.05, 0) is 179 Å². The van der Waals surface area contributed by atoms with Crippen LogP contribution < -0.4 is 26.2 Å². The molecule has 454 valence electrons. The van der Waals surface area contributed by atoms with E-state index in [0.29, 0.717) is 22.7 Å². The number of fused-ring (bicyclic) bond motifs is 10. The number of hydrogen-bond acceptors (Lipinski definition) is 2. The van der Waals surface area contributed by atoms with Crippen LogP contribution in [0.2, 0.25) is 0 Å². The van der Waals surface area contributed by atoms with E-state index < -0.39 is 103 Å². The van der Waals surface area contributed by atoms with E-state index in [4.69, 9.17) is 11.0 Å². The molecule has 93 heavy (non-hydrogen) atoms. The van der Waals surface area contributed by atoms with Gasteiger partial charge in [0, 0.05) is 67.0 Å². The Labute approximate surface area is 571 Å². The monoisotopic (exact) mass is 1220 g/mol. The van der Waals surface area contributed by atoms with Crippen LogP contribution in [0, 0.1) is 0 Å². The largest absolute Gasteiger partial charge is 0.311 e. The zero-order valence-electron chi connectivity index (χ0n) is 70.5. The summed E-state index contributed by atoms with van der Waals surface area (Å²) in [7, 11) is 0. The second-order valence-electron chi connectivity index (χ2n) is 29.1. The van der Waals surface area contributed by atoms with Crippen LogP contribution in [0.1, 0.15) is 127 Å². The van der Waals surface area contributed by atoms with Gasteiger partial charge in [-0.2, -0.15) is 0 Å². The Hall–Kier alpha value is -10.1. The first-order valence-corrected chi connectivity index (χ1v) is 31.9. The van der Waals surface area contributed by atoms with Gasteiger partial charge < -0.3 is 18.9 Å². The normalized spacial score (nSPS) is 15.7. The van der Waals surface area contributed by atoms with Crippen molar-refractivity contribution in [2.24, 2.45) is 0 Å². The van der Waals surface area contributed by atoms with Gasteiger partial charge in [-0.25, -0.2) is 0 Å². The lowest BCUT2D eigenvalue weighted by Gasteiger charge is -2.45. The topological polar surface area (TPSA) is 16.3 Å². The quantitative estimate of drug-likeness (QED) is 0.148. The van der Waals surface area contributed by atoms with Crippen LogP contribution in [0.25, 0.3) is 88.4 Å². The van der Waals surface area contributed by atoms with E-state index in [9.17, 15) is 11.0 Å². The highest BCUT2D eigenvalue weighted by Crippen LogP contribution is 2.50. The standard InChI is InChI=1S/C88H79BN4/c1-85(2,3)62-44-59(45-63(52-62)86(4,5)6)57-28-24-30-66(48-57)92-80-54-68(90-76-36-20-16-32-70(76)71-33-17-21-37-77(71)90)40-42-74(80)89-75-43-41-69(91-78-38-22-18-34-72(78)73-35-19-23-39-79(73)91)55-81(75)93(83-51-61(50-82(92)84(83)89)56-26-14-13-15-27-56)67-31-25-29-58(49-67)60-46-64(87(7,8)9)53-65(47-60)88(10,11)12/h13-55H,1-12H3/i16D,17D,18D,19D,20D,21D,22D,23D,32D,33D,34D,35D,36D,37D,38D,39D. The van der Waals surface area contributed by atoms with Crippen molar-refractivity contribution in [1.29, 1.82) is 0 Å². The molecule has 0 fully saturated rings. The Kier molecular flexibility index (Phi) is 9.79. The molecular weight excluding hydrogens is 1120 g/mol. The SMILES string of the molecule is [2H]c1c([2H])c([2H])c2c(c1[2H])c1c([2H])c([2H])c([2H])c([2H])c1n2-c1ccc2c(c1)N(c1cccc(-c3cc(C(C)(C)C)cc(C(C)(C)C)c3)c1)c1cc(-c3ccccc3)cc3c1B2c1ccc(-n2c4c([2H])c([2H])c([2H])c([2H])c4c4c([2H])c([2H])c([2H])c([2H])c42)cc1N3c1cccc(-c2cc(C(C)(C)C)cc(C(C)(C)C)c2)c1. The number of benzene rings is 12. The summed E-state index contributed by atoms with van der Waals surface area (Å²) in [5.74, 6) is 0. The van der Waals surface area contributed by atoms with Crippen molar-refractivity contribution in [3.63, 3.8) is 0 Å². The van der Waals surface area contributed by atoms with Crippen molar-refractivity contribution in [2.75, 3.05) is 9.80 Å². The molecule has 0 radical (unpaired) electrons. The molecule has 4 nitrogen and oxygen atoms in total. The first-order valence-electron chi connectivity index (χ1n) is 39.9. The van der Waals surface area contributed by atoms with E-state index in [1.54, 1.807) is 9.13 Å². The molecule has 0 amide bonds. The van der Waals surface area contributed by atoms with E-state index >= 15 is 0 Å². The number of rotatable bonds is 7. The lowest BCUT2D eigenvalue weighted by molar-refractivity contribution is 0.568. The predicted octanol–water partition coefficient (Wildman–Crippen LogP) is 22.2. The van der Waals surface area contributed by atoms with Crippen molar-refractivity contribution >= 4 is 101 Å². The lowest BCUT2D eigenvalue weighted by atomic mass is 9.33. The lowest BCUT2D eigenvalue weighted by Crippen LogP contribution is -2.61. The first-order chi connectivity index (χ1) is 51.3. The van der Waals surface area contributed by atoms with Gasteiger partial charge in [0.05, 0.1) is 44.0 Å². The first kappa shape index (κ1) is 42.9. The average molecular weight is 1220 g/mol. The summed E-state index contributed by atoms with van der Waals surface area (Å²) < 4.78 is 152. The van der Waals surface area contributed by atoms with Crippen LogP contribution in [0.3, 0.4) is 0 Å². The van der Waals surface area contributed by atoms with Crippen LogP contribution in [0.15, 0.2) is 260 Å². The summed E-state index contributed by atoms with van der Waals surface area (Å²) in [6, 6.07) is 48.6. The third-order valence-electron chi connectivity index (χ3n) is 18.9. The Morgan fingerprint density at radius 2 is 0.613 bits per heavy atom. The van der Waals surface area contributed by atoms with Gasteiger partial charge in [-0.3, -0.25) is 0 Å². The van der Waals surface area contributed by atoms with E-state index in [-0.39, 0.29) is 65.3 Å². The van der Waals surface area contributed by atoms with E-state index in [1.165, 1.54) is 0 Å². The van der Waals surface area contributed by atoms with Crippen LogP contribution in [0.4, 0.5) is 34.1 Å². The Bertz CT molecular complexity index is 5750. The fraction of sp³-hybridized carbons (Fsp3) is 0.182. The maximum absolute atomic E-state index is 9.69. The summed E-state index contributed by atoms with van der Waals surface area (Å²) >= 11 is 0. The Balaban J connectivity index is 1.07. The molecule has 0 saturated carbocycles. The highest BCUT2D eigenvalue weighted by molar-refractivity contribution is 7.00. The average Bonchev–Trinajstić information content (AvgIpc) is 1.59. The van der Waals surface area contributed by atoms with Crippen molar-refractivity contribution in [3.05, 3.63) is 283 Å². The van der Waals surface area contributed by atoms with Crippen molar-refractivity contribution in [3.8, 4) is 44.8 Å². The molecule has 12 aromatic carbocycles. The fourth-order valence-electron chi connectivity index (χ4n) is 13.9. The minimum absolute atomic E-state index is 0.0345. The van der Waals surface area contributed by atoms with E-state index in [0.717, 1.165) is 94.8 Å². The van der Waals surface area contributed by atoms with Gasteiger partial charge in [0.25, 0.3) is 6.71 Å². The van der Waals surface area contributed by atoms with Crippen molar-refractivity contribution in [2.45, 2.75) is 105 Å². The van der Waals surface area contributed by atoms with E-state index in [1.807, 2.05) is 54.6 Å². The predicted molar refractivity (Wildman–Crippen MR) is 400 cm³/mol. The number of hydrogen-bond donors (Lipinski definition) is 0. The van der Waals surface area contributed by atoms with Gasteiger partial charge in [-0.1, -0.05) is 259 Å². The number of para-hydroxylation sites is 4. The Morgan fingerprint density at radius 3 is 0.968 bits per heavy atom. The number of anilines is 6. The van der Waals surface area contributed by atoms with Gasteiger partial charge in [-0.15, -0.1) is 0 Å². The molecule has 0 N–H and O–H groups in total. The minimum Gasteiger partial charge on any atom is -0.311 e. The second-order valence-corrected chi connectivity index (χ2v) is 29.1.